The average Bonchev–Trinajstić information content (AvgIpc) is 3.17. The van der Waals surface area contributed by atoms with Gasteiger partial charge in [0.05, 0.1) is 18.1 Å². The van der Waals surface area contributed by atoms with Crippen molar-refractivity contribution in [3.8, 4) is 0 Å². The van der Waals surface area contributed by atoms with Gasteiger partial charge in [0.25, 0.3) is 0 Å². The minimum absolute atomic E-state index is 0.0601. The van der Waals surface area contributed by atoms with Gasteiger partial charge in [-0.05, 0) is 43.4 Å². The maximum absolute atomic E-state index is 12.7. The van der Waals surface area contributed by atoms with E-state index in [0.717, 1.165) is 37.2 Å². The van der Waals surface area contributed by atoms with Gasteiger partial charge in [-0.3, -0.25) is 9.36 Å². The van der Waals surface area contributed by atoms with E-state index in [9.17, 15) is 18.0 Å². The second-order valence-corrected chi connectivity index (χ2v) is 10.3. The lowest BCUT2D eigenvalue weighted by Crippen LogP contribution is -2.40. The predicted octanol–water partition coefficient (Wildman–Crippen LogP) is 0.541. The Bertz CT molecular complexity index is 1120. The fourth-order valence-electron chi connectivity index (χ4n) is 4.16. The lowest BCUT2D eigenvalue weighted by Gasteiger charge is -2.26. The van der Waals surface area contributed by atoms with E-state index in [2.05, 4.69) is 10.4 Å². The van der Waals surface area contributed by atoms with Gasteiger partial charge in [-0.15, -0.1) is 0 Å². The third kappa shape index (κ3) is 5.71. The Morgan fingerprint density at radius 1 is 1.09 bits per heavy atom. The molecule has 180 valence electrons. The van der Waals surface area contributed by atoms with Gasteiger partial charge in [0, 0.05) is 45.6 Å². The first kappa shape index (κ1) is 23.7. The van der Waals surface area contributed by atoms with Gasteiger partial charge in [-0.1, -0.05) is 12.1 Å². The first-order chi connectivity index (χ1) is 15.9. The second kappa shape index (κ2) is 10.6. The molecule has 3 heterocycles. The smallest absolute Gasteiger partial charge is 0.345 e. The molecule has 1 aromatic heterocycles. The highest BCUT2D eigenvalue weighted by atomic mass is 32.2. The predicted molar refractivity (Wildman–Crippen MR) is 121 cm³/mol. The van der Waals surface area contributed by atoms with Crippen LogP contribution in [-0.4, -0.2) is 65.8 Å². The number of carbonyl (C=O) groups excluding carboxylic acids is 1. The zero-order valence-corrected chi connectivity index (χ0v) is 19.6. The number of aromatic nitrogens is 3. The van der Waals surface area contributed by atoms with E-state index in [0.29, 0.717) is 58.7 Å². The Morgan fingerprint density at radius 2 is 1.85 bits per heavy atom. The maximum Gasteiger partial charge on any atom is 0.345 e. The number of fused-ring (bicyclic) bond motifs is 1. The summed E-state index contributed by atoms with van der Waals surface area (Å²) in [5, 5.41) is 7.28. The standard InChI is InChI=1S/C22H31N5O5S/c28-21(23-11-3-13-27-22(29)26-12-2-1-4-20(26)24-27)10-7-18-5-8-19(9-6-18)33(30,31)25-14-16-32-17-15-25/h5-6,8-9H,1-4,7,10-17H2,(H,23,28). The Morgan fingerprint density at radius 3 is 2.58 bits per heavy atom. The van der Waals surface area contributed by atoms with Crippen molar-refractivity contribution in [1.82, 2.24) is 24.0 Å². The summed E-state index contributed by atoms with van der Waals surface area (Å²) in [5.74, 6) is 0.788. The highest BCUT2D eigenvalue weighted by Crippen LogP contribution is 2.18. The van der Waals surface area contributed by atoms with Gasteiger partial charge >= 0.3 is 5.69 Å². The maximum atomic E-state index is 12.7. The molecule has 2 aliphatic heterocycles. The Labute approximate surface area is 193 Å². The fraction of sp³-hybridized carbons (Fsp3) is 0.591. The van der Waals surface area contributed by atoms with Gasteiger partial charge in [-0.25, -0.2) is 17.9 Å². The molecule has 2 aromatic rings. The normalized spacial score (nSPS) is 17.0. The molecule has 4 rings (SSSR count). The van der Waals surface area contributed by atoms with Crippen molar-refractivity contribution < 1.29 is 17.9 Å². The number of aryl methyl sites for hydroxylation is 3. The molecule has 1 aromatic carbocycles. The molecule has 0 aliphatic carbocycles. The number of ether oxygens (including phenoxy) is 1. The van der Waals surface area contributed by atoms with E-state index in [1.54, 1.807) is 28.8 Å². The summed E-state index contributed by atoms with van der Waals surface area (Å²) in [6.07, 6.45) is 4.40. The fourth-order valence-corrected chi connectivity index (χ4v) is 5.57. The molecule has 0 bridgehead atoms. The van der Waals surface area contributed by atoms with E-state index in [-0.39, 0.29) is 16.5 Å². The van der Waals surface area contributed by atoms with Crippen LogP contribution in [0.1, 0.15) is 37.1 Å². The number of morpholine rings is 1. The van der Waals surface area contributed by atoms with Crippen LogP contribution < -0.4 is 11.0 Å². The summed E-state index contributed by atoms with van der Waals surface area (Å²) in [6, 6.07) is 6.71. The van der Waals surface area contributed by atoms with Crippen molar-refractivity contribution >= 4 is 15.9 Å². The summed E-state index contributed by atoms with van der Waals surface area (Å²) < 4.78 is 35.2. The van der Waals surface area contributed by atoms with Crippen molar-refractivity contribution in [1.29, 1.82) is 0 Å². The van der Waals surface area contributed by atoms with E-state index >= 15 is 0 Å². The van der Waals surface area contributed by atoms with Crippen LogP contribution in [0.3, 0.4) is 0 Å². The number of rotatable bonds is 9. The van der Waals surface area contributed by atoms with Crippen LogP contribution in [0.5, 0.6) is 0 Å². The number of carbonyl (C=O) groups is 1. The number of hydrogen-bond acceptors (Lipinski definition) is 6. The van der Waals surface area contributed by atoms with Crippen LogP contribution in [0.2, 0.25) is 0 Å². The molecule has 1 fully saturated rings. The molecule has 10 nitrogen and oxygen atoms in total. The summed E-state index contributed by atoms with van der Waals surface area (Å²) in [5.41, 5.74) is 0.844. The average molecular weight is 478 g/mol. The molecule has 1 N–H and O–H groups in total. The molecule has 0 unspecified atom stereocenters. The highest BCUT2D eigenvalue weighted by Gasteiger charge is 2.26. The molecule has 2 aliphatic rings. The van der Waals surface area contributed by atoms with E-state index in [1.807, 2.05) is 0 Å². The number of amides is 1. The van der Waals surface area contributed by atoms with Crippen LogP contribution in [-0.2, 0) is 45.5 Å². The Hall–Kier alpha value is -2.50. The molecule has 0 spiro atoms. The topological polar surface area (TPSA) is 116 Å². The van der Waals surface area contributed by atoms with Gasteiger partial charge < -0.3 is 10.1 Å². The molecule has 1 saturated heterocycles. The SMILES string of the molecule is O=C(CCc1ccc(S(=O)(=O)N2CCOCC2)cc1)NCCCn1nc2n(c1=O)CCCC2. The number of nitrogens with one attached hydrogen (secondary N) is 1. The molecule has 0 saturated carbocycles. The van der Waals surface area contributed by atoms with Gasteiger partial charge in [-0.2, -0.15) is 9.40 Å². The first-order valence-electron chi connectivity index (χ1n) is 11.6. The van der Waals surface area contributed by atoms with Crippen LogP contribution in [0.4, 0.5) is 0 Å². The third-order valence-electron chi connectivity index (χ3n) is 6.07. The summed E-state index contributed by atoms with van der Waals surface area (Å²) in [7, 11) is -3.51. The van der Waals surface area contributed by atoms with Crippen molar-refractivity contribution in [3.63, 3.8) is 0 Å². The van der Waals surface area contributed by atoms with Crippen molar-refractivity contribution in [2.45, 2.75) is 56.5 Å². The molecule has 1 amide bonds. The summed E-state index contributed by atoms with van der Waals surface area (Å²) in [6.45, 7) is 3.25. The monoisotopic (exact) mass is 477 g/mol. The largest absolute Gasteiger partial charge is 0.379 e. The molecule has 11 heteroatoms. The van der Waals surface area contributed by atoms with Crippen molar-refractivity contribution in [3.05, 3.63) is 46.1 Å². The van der Waals surface area contributed by atoms with Crippen molar-refractivity contribution in [2.24, 2.45) is 0 Å². The molecule has 33 heavy (non-hydrogen) atoms. The zero-order valence-electron chi connectivity index (χ0n) is 18.7. The number of benzene rings is 1. The van der Waals surface area contributed by atoms with Gasteiger partial charge in [0.2, 0.25) is 15.9 Å². The quantitative estimate of drug-likeness (QED) is 0.527. The van der Waals surface area contributed by atoms with Crippen LogP contribution in [0.25, 0.3) is 0 Å². The number of nitrogens with zero attached hydrogens (tertiary/aromatic N) is 4. The second-order valence-electron chi connectivity index (χ2n) is 8.39. The minimum atomic E-state index is -3.51. The lowest BCUT2D eigenvalue weighted by molar-refractivity contribution is -0.121. The third-order valence-corrected chi connectivity index (χ3v) is 7.99. The first-order valence-corrected chi connectivity index (χ1v) is 13.0. The van der Waals surface area contributed by atoms with Crippen LogP contribution in [0, 0.1) is 0 Å². The molecule has 0 radical (unpaired) electrons. The van der Waals surface area contributed by atoms with Gasteiger partial charge in [0.15, 0.2) is 0 Å². The molecular weight excluding hydrogens is 446 g/mol. The highest BCUT2D eigenvalue weighted by molar-refractivity contribution is 7.89. The Kier molecular flexibility index (Phi) is 7.61. The van der Waals surface area contributed by atoms with Crippen LogP contribution in [0.15, 0.2) is 34.0 Å². The summed E-state index contributed by atoms with van der Waals surface area (Å²) >= 11 is 0. The Balaban J connectivity index is 1.19. The van der Waals surface area contributed by atoms with E-state index in [4.69, 9.17) is 4.74 Å². The molecular formula is C22H31N5O5S. The van der Waals surface area contributed by atoms with Gasteiger partial charge in [0.1, 0.15) is 5.82 Å². The lowest BCUT2D eigenvalue weighted by atomic mass is 10.1. The van der Waals surface area contributed by atoms with E-state index < -0.39 is 10.0 Å². The van der Waals surface area contributed by atoms with Crippen molar-refractivity contribution in [2.75, 3.05) is 32.8 Å². The number of hydrogen-bond donors (Lipinski definition) is 1. The van der Waals surface area contributed by atoms with Crippen LogP contribution >= 0.6 is 0 Å². The minimum Gasteiger partial charge on any atom is -0.379 e. The number of sulfonamides is 1. The zero-order chi connectivity index (χ0) is 23.3. The van der Waals surface area contributed by atoms with E-state index in [1.165, 1.54) is 8.99 Å². The summed E-state index contributed by atoms with van der Waals surface area (Å²) in [4.78, 5) is 24.7. The molecule has 0 atom stereocenters.